The molecule has 0 unspecified atom stereocenters. The third-order valence-electron chi connectivity index (χ3n) is 6.21. The molecule has 0 saturated carbocycles. The lowest BCUT2D eigenvalue weighted by molar-refractivity contribution is 1.18. The predicted octanol–water partition coefficient (Wildman–Crippen LogP) is 8.50. The van der Waals surface area contributed by atoms with Crippen molar-refractivity contribution in [3.8, 4) is 16.8 Å². The van der Waals surface area contributed by atoms with Gasteiger partial charge in [0.1, 0.15) is 0 Å². The molecule has 0 amide bonds. The molecule has 33 heavy (non-hydrogen) atoms. The van der Waals surface area contributed by atoms with Gasteiger partial charge in [-0.15, -0.1) is 0 Å². The Labute approximate surface area is 193 Å². The maximum absolute atomic E-state index is 3.50. The number of rotatable bonds is 4. The molecular weight excluding hydrogens is 400 g/mol. The number of hydrogen-bond donors (Lipinski definition) is 1. The number of nitrogens with one attached hydrogen (secondary N) is 1. The Balaban J connectivity index is 1.41. The number of anilines is 2. The van der Waals surface area contributed by atoms with Gasteiger partial charge in [-0.05, 0) is 78.2 Å². The van der Waals surface area contributed by atoms with Gasteiger partial charge in [0.15, 0.2) is 0 Å². The molecule has 0 bridgehead atoms. The summed E-state index contributed by atoms with van der Waals surface area (Å²) in [5.41, 5.74) is 9.52. The van der Waals surface area contributed by atoms with Gasteiger partial charge >= 0.3 is 0 Å². The van der Waals surface area contributed by atoms with E-state index in [4.69, 9.17) is 0 Å². The standard InChI is InChI=1S/C31H24N2/c1-22-8-7-9-26(20-22)32-25-17-14-23(15-18-25)24-16-19-31-29(21-24)28-12-5-6-13-30(28)33(31)27-10-3-2-4-11-27/h2-21,32H,1H3. The first-order chi connectivity index (χ1) is 16.3. The van der Waals surface area contributed by atoms with Crippen LogP contribution in [0.3, 0.4) is 0 Å². The Morgan fingerprint density at radius 2 is 1.24 bits per heavy atom. The fraction of sp³-hybridized carbons (Fsp3) is 0.0323. The number of nitrogens with zero attached hydrogens (tertiary/aromatic N) is 1. The molecule has 1 aromatic heterocycles. The topological polar surface area (TPSA) is 17.0 Å². The van der Waals surface area contributed by atoms with Crippen molar-refractivity contribution in [2.75, 3.05) is 5.32 Å². The molecule has 0 aliphatic carbocycles. The van der Waals surface area contributed by atoms with E-state index < -0.39 is 0 Å². The zero-order valence-electron chi connectivity index (χ0n) is 18.5. The van der Waals surface area contributed by atoms with Crippen LogP contribution in [0.4, 0.5) is 11.4 Å². The van der Waals surface area contributed by atoms with Gasteiger partial charge in [0.25, 0.3) is 0 Å². The maximum Gasteiger partial charge on any atom is 0.0541 e. The summed E-state index contributed by atoms with van der Waals surface area (Å²) in [5.74, 6) is 0. The summed E-state index contributed by atoms with van der Waals surface area (Å²) in [4.78, 5) is 0. The second-order valence-electron chi connectivity index (χ2n) is 8.49. The average Bonchev–Trinajstić information content (AvgIpc) is 3.19. The van der Waals surface area contributed by atoms with E-state index in [1.54, 1.807) is 0 Å². The van der Waals surface area contributed by atoms with E-state index in [1.165, 1.54) is 44.2 Å². The molecule has 2 heteroatoms. The zero-order chi connectivity index (χ0) is 22.2. The van der Waals surface area contributed by atoms with Crippen molar-refractivity contribution in [3.63, 3.8) is 0 Å². The van der Waals surface area contributed by atoms with Gasteiger partial charge in [0.05, 0.1) is 11.0 Å². The van der Waals surface area contributed by atoms with Crippen LogP contribution < -0.4 is 5.32 Å². The maximum atomic E-state index is 3.50. The van der Waals surface area contributed by atoms with E-state index in [-0.39, 0.29) is 0 Å². The van der Waals surface area contributed by atoms with Crippen LogP contribution in [-0.4, -0.2) is 4.57 Å². The van der Waals surface area contributed by atoms with Gasteiger partial charge < -0.3 is 9.88 Å². The van der Waals surface area contributed by atoms with Gasteiger partial charge in [-0.3, -0.25) is 0 Å². The highest BCUT2D eigenvalue weighted by Crippen LogP contribution is 2.35. The molecule has 6 rings (SSSR count). The van der Waals surface area contributed by atoms with Crippen LogP contribution in [0.25, 0.3) is 38.6 Å². The Kier molecular flexibility index (Phi) is 4.70. The zero-order valence-corrected chi connectivity index (χ0v) is 18.5. The third-order valence-corrected chi connectivity index (χ3v) is 6.21. The van der Waals surface area contributed by atoms with E-state index in [9.17, 15) is 0 Å². The lowest BCUT2D eigenvalue weighted by Gasteiger charge is -2.10. The molecule has 0 aliphatic heterocycles. The minimum atomic E-state index is 1.09. The highest BCUT2D eigenvalue weighted by atomic mass is 15.0. The number of hydrogen-bond acceptors (Lipinski definition) is 1. The number of para-hydroxylation sites is 2. The van der Waals surface area contributed by atoms with Crippen LogP contribution in [0.2, 0.25) is 0 Å². The summed E-state index contributed by atoms with van der Waals surface area (Å²) in [6.45, 7) is 2.11. The monoisotopic (exact) mass is 424 g/mol. The molecular formula is C31H24N2. The predicted molar refractivity (Wildman–Crippen MR) is 141 cm³/mol. The van der Waals surface area contributed by atoms with Crippen LogP contribution in [0.5, 0.6) is 0 Å². The number of fused-ring (bicyclic) bond motifs is 3. The summed E-state index contributed by atoms with van der Waals surface area (Å²) >= 11 is 0. The molecule has 0 fully saturated rings. The van der Waals surface area contributed by atoms with Crippen molar-refractivity contribution < 1.29 is 0 Å². The number of aryl methyl sites for hydroxylation is 1. The Morgan fingerprint density at radius 3 is 2.06 bits per heavy atom. The van der Waals surface area contributed by atoms with Gasteiger partial charge in [-0.2, -0.15) is 0 Å². The van der Waals surface area contributed by atoms with Crippen molar-refractivity contribution in [2.24, 2.45) is 0 Å². The van der Waals surface area contributed by atoms with E-state index in [1.807, 2.05) is 0 Å². The van der Waals surface area contributed by atoms with Crippen molar-refractivity contribution >= 4 is 33.2 Å². The summed E-state index contributed by atoms with van der Waals surface area (Å²) in [6, 6.07) is 43.1. The van der Waals surface area contributed by atoms with Gasteiger partial charge in [0.2, 0.25) is 0 Å². The van der Waals surface area contributed by atoms with Crippen molar-refractivity contribution in [3.05, 3.63) is 127 Å². The smallest absolute Gasteiger partial charge is 0.0541 e. The first kappa shape index (κ1) is 19.4. The molecule has 5 aromatic carbocycles. The molecule has 0 spiro atoms. The summed E-state index contributed by atoms with van der Waals surface area (Å²) in [6.07, 6.45) is 0. The summed E-state index contributed by atoms with van der Waals surface area (Å²) in [5, 5.41) is 6.04. The second kappa shape index (κ2) is 7.99. The van der Waals surface area contributed by atoms with Gasteiger partial charge in [-0.25, -0.2) is 0 Å². The largest absolute Gasteiger partial charge is 0.356 e. The number of aromatic nitrogens is 1. The fourth-order valence-corrected chi connectivity index (χ4v) is 4.64. The van der Waals surface area contributed by atoms with Gasteiger partial charge in [-0.1, -0.05) is 66.7 Å². The third kappa shape index (κ3) is 3.56. The highest BCUT2D eigenvalue weighted by molar-refractivity contribution is 6.10. The fourth-order valence-electron chi connectivity index (χ4n) is 4.64. The van der Waals surface area contributed by atoms with Crippen LogP contribution in [-0.2, 0) is 0 Å². The quantitative estimate of drug-likeness (QED) is 0.300. The molecule has 1 heterocycles. The molecule has 1 N–H and O–H groups in total. The van der Waals surface area contributed by atoms with Crippen LogP contribution >= 0.6 is 0 Å². The highest BCUT2D eigenvalue weighted by Gasteiger charge is 2.12. The molecule has 0 atom stereocenters. The molecule has 0 saturated heterocycles. The molecule has 2 nitrogen and oxygen atoms in total. The first-order valence-electron chi connectivity index (χ1n) is 11.3. The number of benzene rings is 5. The van der Waals surface area contributed by atoms with Crippen LogP contribution in [0.15, 0.2) is 121 Å². The normalized spacial score (nSPS) is 11.2. The summed E-state index contributed by atoms with van der Waals surface area (Å²) in [7, 11) is 0. The van der Waals surface area contributed by atoms with Crippen molar-refractivity contribution in [2.45, 2.75) is 6.92 Å². The Bertz CT molecular complexity index is 1580. The first-order valence-corrected chi connectivity index (χ1v) is 11.3. The molecule has 158 valence electrons. The van der Waals surface area contributed by atoms with Gasteiger partial charge in [0, 0.05) is 27.8 Å². The van der Waals surface area contributed by atoms with E-state index in [0.29, 0.717) is 0 Å². The van der Waals surface area contributed by atoms with E-state index in [2.05, 4.69) is 138 Å². The Morgan fingerprint density at radius 1 is 0.515 bits per heavy atom. The molecule has 0 aliphatic rings. The van der Waals surface area contributed by atoms with Crippen molar-refractivity contribution in [1.82, 2.24) is 4.57 Å². The minimum absolute atomic E-state index is 1.09. The minimum Gasteiger partial charge on any atom is -0.356 e. The van der Waals surface area contributed by atoms with E-state index in [0.717, 1.165) is 11.4 Å². The second-order valence-corrected chi connectivity index (χ2v) is 8.49. The lowest BCUT2D eigenvalue weighted by atomic mass is 10.0. The van der Waals surface area contributed by atoms with Crippen molar-refractivity contribution in [1.29, 1.82) is 0 Å². The Hall–Kier alpha value is -4.30. The van der Waals surface area contributed by atoms with Crippen LogP contribution in [0.1, 0.15) is 5.56 Å². The molecule has 6 aromatic rings. The van der Waals surface area contributed by atoms with Crippen LogP contribution in [0, 0.1) is 6.92 Å². The average molecular weight is 425 g/mol. The lowest BCUT2D eigenvalue weighted by Crippen LogP contribution is -1.93. The molecule has 0 radical (unpaired) electrons. The summed E-state index contributed by atoms with van der Waals surface area (Å²) < 4.78 is 2.35. The SMILES string of the molecule is Cc1cccc(Nc2ccc(-c3ccc4c(c3)c3ccccc3n4-c3ccccc3)cc2)c1. The van der Waals surface area contributed by atoms with E-state index >= 15 is 0 Å².